The van der Waals surface area contributed by atoms with E-state index in [1.165, 1.54) is 0 Å². The summed E-state index contributed by atoms with van der Waals surface area (Å²) in [6.45, 7) is 3.89. The Bertz CT molecular complexity index is 237. The van der Waals surface area contributed by atoms with E-state index in [1.807, 2.05) is 19.9 Å². The largest absolute Gasteiger partial charge is 0.287 e. The highest BCUT2D eigenvalue weighted by molar-refractivity contribution is 5.80. The molecule has 3 nitrogen and oxygen atoms in total. The summed E-state index contributed by atoms with van der Waals surface area (Å²) in [6.07, 6.45) is 2.43. The molecule has 0 aliphatic rings. The van der Waals surface area contributed by atoms with Gasteiger partial charge in [-0.05, 0) is 13.0 Å². The Hall–Kier alpha value is -1.12. The lowest BCUT2D eigenvalue weighted by Crippen LogP contribution is -2.11. The monoisotopic (exact) mass is 137 g/mol. The van der Waals surface area contributed by atoms with Crippen LogP contribution in [0, 0.1) is 12.3 Å². The van der Waals surface area contributed by atoms with Gasteiger partial charge in [-0.3, -0.25) is 5.41 Å². The van der Waals surface area contributed by atoms with Gasteiger partial charge in [-0.2, -0.15) is 5.10 Å². The van der Waals surface area contributed by atoms with Crippen LogP contribution in [-0.2, 0) is 0 Å². The Morgan fingerprint density at radius 1 is 1.80 bits per heavy atom. The maximum atomic E-state index is 7.44. The highest BCUT2D eigenvalue weighted by Crippen LogP contribution is 1.96. The maximum Gasteiger partial charge on any atom is 0.121 e. The van der Waals surface area contributed by atoms with Crippen LogP contribution in [0.2, 0.25) is 0 Å². The third kappa shape index (κ3) is 1.07. The molecule has 0 aliphatic heterocycles. The Labute approximate surface area is 60.2 Å². The molecule has 1 rings (SSSR count). The summed E-state index contributed by atoms with van der Waals surface area (Å²) in [5.74, 6) is 0.544. The van der Waals surface area contributed by atoms with Crippen LogP contribution in [-0.4, -0.2) is 15.6 Å². The number of hydrogen-bond acceptors (Lipinski definition) is 2. The Kier molecular flexibility index (Phi) is 1.85. The van der Waals surface area contributed by atoms with Crippen molar-refractivity contribution in [1.82, 2.24) is 9.78 Å². The number of aromatic nitrogens is 2. The van der Waals surface area contributed by atoms with E-state index in [-0.39, 0.29) is 0 Å². The van der Waals surface area contributed by atoms with Crippen molar-refractivity contribution in [3.8, 4) is 0 Å². The SMILES string of the molecule is CCC(=N)n1nccc1C. The van der Waals surface area contributed by atoms with Crippen molar-refractivity contribution in [2.75, 3.05) is 0 Å². The van der Waals surface area contributed by atoms with Crippen molar-refractivity contribution < 1.29 is 0 Å². The average molecular weight is 137 g/mol. The first kappa shape index (κ1) is 6.99. The van der Waals surface area contributed by atoms with Crippen LogP contribution in [0.1, 0.15) is 19.0 Å². The molecule has 1 aromatic heterocycles. The number of hydrogen-bond donors (Lipinski definition) is 1. The van der Waals surface area contributed by atoms with Gasteiger partial charge < -0.3 is 0 Å². The van der Waals surface area contributed by atoms with Gasteiger partial charge in [0.1, 0.15) is 5.84 Å². The van der Waals surface area contributed by atoms with Crippen LogP contribution in [0.15, 0.2) is 12.3 Å². The van der Waals surface area contributed by atoms with Crippen molar-refractivity contribution in [2.45, 2.75) is 20.3 Å². The van der Waals surface area contributed by atoms with Crippen LogP contribution in [0.25, 0.3) is 0 Å². The predicted octanol–water partition coefficient (Wildman–Crippen LogP) is 1.43. The van der Waals surface area contributed by atoms with E-state index in [9.17, 15) is 0 Å². The second kappa shape index (κ2) is 2.64. The minimum Gasteiger partial charge on any atom is -0.287 e. The number of nitrogens with one attached hydrogen (secondary N) is 1. The normalized spacial score (nSPS) is 9.80. The molecule has 0 amide bonds. The molecule has 0 unspecified atom stereocenters. The molecule has 3 heteroatoms. The smallest absolute Gasteiger partial charge is 0.121 e. The minimum absolute atomic E-state index is 0.544. The summed E-state index contributed by atoms with van der Waals surface area (Å²) in [7, 11) is 0. The minimum atomic E-state index is 0.544. The Morgan fingerprint density at radius 2 is 2.50 bits per heavy atom. The molecular weight excluding hydrogens is 126 g/mol. The fraction of sp³-hybridized carbons (Fsp3) is 0.429. The summed E-state index contributed by atoms with van der Waals surface area (Å²) >= 11 is 0. The number of rotatable bonds is 1. The van der Waals surface area contributed by atoms with Crippen molar-refractivity contribution in [3.05, 3.63) is 18.0 Å². The first-order valence-electron chi connectivity index (χ1n) is 3.34. The summed E-state index contributed by atoms with van der Waals surface area (Å²) in [5, 5.41) is 11.4. The van der Waals surface area contributed by atoms with Crippen LogP contribution in [0.5, 0.6) is 0 Å². The first-order valence-corrected chi connectivity index (χ1v) is 3.34. The Morgan fingerprint density at radius 3 is 2.90 bits per heavy atom. The van der Waals surface area contributed by atoms with Crippen LogP contribution >= 0.6 is 0 Å². The molecule has 10 heavy (non-hydrogen) atoms. The summed E-state index contributed by atoms with van der Waals surface area (Å²) < 4.78 is 1.64. The van der Waals surface area contributed by atoms with Crippen LogP contribution in [0.3, 0.4) is 0 Å². The van der Waals surface area contributed by atoms with E-state index in [2.05, 4.69) is 5.10 Å². The van der Waals surface area contributed by atoms with Crippen LogP contribution < -0.4 is 0 Å². The summed E-state index contributed by atoms with van der Waals surface area (Å²) in [5.41, 5.74) is 1.02. The zero-order valence-corrected chi connectivity index (χ0v) is 6.26. The van der Waals surface area contributed by atoms with E-state index in [0.29, 0.717) is 5.84 Å². The lowest BCUT2D eigenvalue weighted by atomic mass is 10.4. The third-order valence-electron chi connectivity index (χ3n) is 1.42. The van der Waals surface area contributed by atoms with Crippen molar-refractivity contribution in [3.63, 3.8) is 0 Å². The topological polar surface area (TPSA) is 41.7 Å². The molecule has 0 aliphatic carbocycles. The standard InChI is InChI=1S/C7H11N3/c1-3-7(8)10-6(2)4-5-9-10/h4-5,8H,3H2,1-2H3. The lowest BCUT2D eigenvalue weighted by Gasteiger charge is -2.01. The van der Waals surface area contributed by atoms with Crippen LogP contribution in [0.4, 0.5) is 0 Å². The maximum absolute atomic E-state index is 7.44. The van der Waals surface area contributed by atoms with Gasteiger partial charge >= 0.3 is 0 Å². The molecule has 0 saturated heterocycles. The molecule has 54 valence electrons. The molecule has 0 spiro atoms. The van der Waals surface area contributed by atoms with Gasteiger partial charge in [0.25, 0.3) is 0 Å². The van der Waals surface area contributed by atoms with E-state index < -0.39 is 0 Å². The van der Waals surface area contributed by atoms with E-state index in [0.717, 1.165) is 12.1 Å². The molecule has 0 radical (unpaired) electrons. The van der Waals surface area contributed by atoms with Gasteiger partial charge in [0.05, 0.1) is 0 Å². The quantitative estimate of drug-likeness (QED) is 0.461. The van der Waals surface area contributed by atoms with E-state index >= 15 is 0 Å². The zero-order valence-electron chi connectivity index (χ0n) is 6.26. The first-order chi connectivity index (χ1) is 4.75. The van der Waals surface area contributed by atoms with Gasteiger partial charge in [-0.1, -0.05) is 6.92 Å². The van der Waals surface area contributed by atoms with Gasteiger partial charge in [0.15, 0.2) is 0 Å². The summed E-state index contributed by atoms with van der Waals surface area (Å²) in [6, 6.07) is 1.89. The van der Waals surface area contributed by atoms with E-state index in [4.69, 9.17) is 5.41 Å². The summed E-state index contributed by atoms with van der Waals surface area (Å²) in [4.78, 5) is 0. The van der Waals surface area contributed by atoms with Crippen molar-refractivity contribution in [1.29, 1.82) is 5.41 Å². The number of aryl methyl sites for hydroxylation is 1. The van der Waals surface area contributed by atoms with Gasteiger partial charge in [-0.15, -0.1) is 0 Å². The molecular formula is C7H11N3. The lowest BCUT2D eigenvalue weighted by molar-refractivity contribution is 0.862. The highest BCUT2D eigenvalue weighted by Gasteiger charge is 1.99. The van der Waals surface area contributed by atoms with Gasteiger partial charge in [-0.25, -0.2) is 4.68 Å². The predicted molar refractivity (Wildman–Crippen MR) is 40.4 cm³/mol. The molecule has 1 N–H and O–H groups in total. The molecule has 0 fully saturated rings. The molecule has 0 atom stereocenters. The second-order valence-corrected chi connectivity index (χ2v) is 2.18. The average Bonchev–Trinajstić information content (AvgIpc) is 2.34. The molecule has 1 heterocycles. The number of nitrogens with zero attached hydrogens (tertiary/aromatic N) is 2. The highest BCUT2D eigenvalue weighted by atomic mass is 15.3. The molecule has 0 aromatic carbocycles. The fourth-order valence-electron chi connectivity index (χ4n) is 0.802. The third-order valence-corrected chi connectivity index (χ3v) is 1.42. The second-order valence-electron chi connectivity index (χ2n) is 2.18. The Balaban J connectivity index is 2.93. The molecule has 0 bridgehead atoms. The van der Waals surface area contributed by atoms with Crippen molar-refractivity contribution in [2.24, 2.45) is 0 Å². The van der Waals surface area contributed by atoms with Crippen molar-refractivity contribution >= 4 is 5.84 Å². The van der Waals surface area contributed by atoms with Gasteiger partial charge in [0.2, 0.25) is 0 Å². The van der Waals surface area contributed by atoms with Gasteiger partial charge in [0, 0.05) is 18.3 Å². The zero-order chi connectivity index (χ0) is 7.56. The van der Waals surface area contributed by atoms with E-state index in [1.54, 1.807) is 10.9 Å². The molecule has 1 aromatic rings. The molecule has 0 saturated carbocycles. The fourth-order valence-corrected chi connectivity index (χ4v) is 0.802.